The summed E-state index contributed by atoms with van der Waals surface area (Å²) in [5, 5.41) is 0. The second-order valence-corrected chi connectivity index (χ2v) is 11.3. The SMILES string of the molecule is CCC(=O)OC1CC[C@@]2(C)C(=CC=C3[C@@H]4CC[C@H](C(C)=O)[C@@]4(C)CC(OC(C)=O)[C@@]32OC(C)=O)C1. The molecule has 0 heterocycles. The maximum atomic E-state index is 12.7. The Morgan fingerprint density at radius 1 is 0.971 bits per heavy atom. The van der Waals surface area contributed by atoms with Crippen molar-refractivity contribution in [3.63, 3.8) is 0 Å². The number of ketones is 1. The molecule has 0 radical (unpaired) electrons. The zero-order valence-electron chi connectivity index (χ0n) is 21.8. The highest BCUT2D eigenvalue weighted by Crippen LogP contribution is 2.68. The second kappa shape index (κ2) is 8.90. The molecule has 0 aromatic heterocycles. The van der Waals surface area contributed by atoms with Crippen molar-refractivity contribution in [2.75, 3.05) is 0 Å². The molecule has 192 valence electrons. The quantitative estimate of drug-likeness (QED) is 0.413. The lowest BCUT2D eigenvalue weighted by molar-refractivity contribution is -0.216. The molecule has 0 aromatic carbocycles. The van der Waals surface area contributed by atoms with Gasteiger partial charge in [-0.15, -0.1) is 0 Å². The second-order valence-electron chi connectivity index (χ2n) is 11.3. The average Bonchev–Trinajstić information content (AvgIpc) is 3.10. The van der Waals surface area contributed by atoms with Crippen LogP contribution in [0.2, 0.25) is 0 Å². The number of allylic oxidation sites excluding steroid dienone is 2. The lowest BCUT2D eigenvalue weighted by Crippen LogP contribution is -2.68. The van der Waals surface area contributed by atoms with E-state index in [1.165, 1.54) is 13.8 Å². The van der Waals surface area contributed by atoms with Crippen molar-refractivity contribution in [3.05, 3.63) is 23.3 Å². The Labute approximate surface area is 207 Å². The molecule has 0 bridgehead atoms. The van der Waals surface area contributed by atoms with Gasteiger partial charge >= 0.3 is 17.9 Å². The largest absolute Gasteiger partial charge is 0.462 e. The Hall–Kier alpha value is -2.44. The van der Waals surface area contributed by atoms with Crippen LogP contribution < -0.4 is 0 Å². The molecular weight excluding hydrogens is 448 g/mol. The number of ether oxygens (including phenoxy) is 3. The third kappa shape index (κ3) is 3.86. The molecule has 3 saturated carbocycles. The average molecular weight is 487 g/mol. The van der Waals surface area contributed by atoms with Gasteiger partial charge in [0, 0.05) is 38.0 Å². The van der Waals surface area contributed by atoms with Crippen molar-refractivity contribution in [2.24, 2.45) is 22.7 Å². The summed E-state index contributed by atoms with van der Waals surface area (Å²) in [6.07, 6.45) is 7.29. The Morgan fingerprint density at radius 3 is 2.29 bits per heavy atom. The monoisotopic (exact) mass is 486 g/mol. The summed E-state index contributed by atoms with van der Waals surface area (Å²) in [6.45, 7) is 10.4. The van der Waals surface area contributed by atoms with Crippen LogP contribution in [0.5, 0.6) is 0 Å². The normalized spacial score (nSPS) is 39.7. The fourth-order valence-corrected chi connectivity index (χ4v) is 7.81. The van der Waals surface area contributed by atoms with E-state index in [0.717, 1.165) is 24.0 Å². The van der Waals surface area contributed by atoms with E-state index in [-0.39, 0.29) is 29.7 Å². The molecule has 0 aromatic rings. The van der Waals surface area contributed by atoms with Gasteiger partial charge in [-0.25, -0.2) is 0 Å². The Bertz CT molecular complexity index is 1010. The highest BCUT2D eigenvalue weighted by Gasteiger charge is 2.71. The van der Waals surface area contributed by atoms with Gasteiger partial charge in [0.05, 0.1) is 0 Å². The lowest BCUT2D eigenvalue weighted by Gasteiger charge is -2.62. The fraction of sp³-hybridized carbons (Fsp3) is 0.714. The number of carbonyl (C=O) groups is 4. The van der Waals surface area contributed by atoms with Crippen LogP contribution in [0.25, 0.3) is 0 Å². The summed E-state index contributed by atoms with van der Waals surface area (Å²) in [6, 6.07) is 0. The van der Waals surface area contributed by atoms with Gasteiger partial charge < -0.3 is 14.2 Å². The third-order valence-electron chi connectivity index (χ3n) is 9.32. The first-order valence-electron chi connectivity index (χ1n) is 12.9. The summed E-state index contributed by atoms with van der Waals surface area (Å²) in [5.74, 6) is -1.05. The van der Waals surface area contributed by atoms with Crippen LogP contribution in [0.4, 0.5) is 0 Å². The molecule has 4 aliphatic carbocycles. The van der Waals surface area contributed by atoms with Crippen LogP contribution in [0.3, 0.4) is 0 Å². The molecule has 7 atom stereocenters. The molecule has 0 saturated heterocycles. The summed E-state index contributed by atoms with van der Waals surface area (Å²) in [4.78, 5) is 49.6. The van der Waals surface area contributed by atoms with Crippen molar-refractivity contribution >= 4 is 23.7 Å². The van der Waals surface area contributed by atoms with Crippen LogP contribution in [0.15, 0.2) is 23.3 Å². The predicted molar refractivity (Wildman–Crippen MR) is 128 cm³/mol. The zero-order valence-corrected chi connectivity index (χ0v) is 21.8. The molecule has 4 rings (SSSR count). The highest BCUT2D eigenvalue weighted by molar-refractivity contribution is 5.80. The van der Waals surface area contributed by atoms with E-state index in [0.29, 0.717) is 32.1 Å². The molecule has 0 aliphatic heterocycles. The zero-order chi connectivity index (χ0) is 25.8. The Balaban J connectivity index is 1.87. The third-order valence-corrected chi connectivity index (χ3v) is 9.32. The van der Waals surface area contributed by atoms with Crippen molar-refractivity contribution in [2.45, 2.75) is 104 Å². The fourth-order valence-electron chi connectivity index (χ4n) is 7.81. The maximum absolute atomic E-state index is 12.7. The van der Waals surface area contributed by atoms with Crippen LogP contribution in [0.1, 0.15) is 86.5 Å². The van der Waals surface area contributed by atoms with E-state index in [9.17, 15) is 19.2 Å². The molecule has 0 spiro atoms. The van der Waals surface area contributed by atoms with E-state index >= 15 is 0 Å². The first-order valence-corrected chi connectivity index (χ1v) is 12.9. The summed E-state index contributed by atoms with van der Waals surface area (Å²) in [7, 11) is 0. The van der Waals surface area contributed by atoms with Crippen LogP contribution in [0, 0.1) is 22.7 Å². The van der Waals surface area contributed by atoms with Crippen LogP contribution >= 0.6 is 0 Å². The molecule has 7 nitrogen and oxygen atoms in total. The van der Waals surface area contributed by atoms with Gasteiger partial charge in [0.2, 0.25) is 0 Å². The van der Waals surface area contributed by atoms with Crippen LogP contribution in [-0.2, 0) is 33.4 Å². The van der Waals surface area contributed by atoms with E-state index < -0.39 is 34.5 Å². The van der Waals surface area contributed by atoms with Crippen LogP contribution in [-0.4, -0.2) is 41.5 Å². The van der Waals surface area contributed by atoms with Crippen molar-refractivity contribution in [1.82, 2.24) is 0 Å². The number of rotatable bonds is 5. The predicted octanol–water partition coefficient (Wildman–Crippen LogP) is 4.62. The number of hydrogen-bond donors (Lipinski definition) is 0. The Morgan fingerprint density at radius 2 is 1.69 bits per heavy atom. The molecule has 0 amide bonds. The number of carbonyl (C=O) groups excluding carboxylic acids is 4. The number of esters is 3. The molecule has 4 aliphatic rings. The van der Waals surface area contributed by atoms with Gasteiger partial charge in [-0.3, -0.25) is 19.2 Å². The highest BCUT2D eigenvalue weighted by atomic mass is 16.6. The lowest BCUT2D eigenvalue weighted by atomic mass is 9.46. The molecule has 7 heteroatoms. The Kier molecular flexibility index (Phi) is 6.52. The van der Waals surface area contributed by atoms with Gasteiger partial charge in [0.1, 0.15) is 18.0 Å². The summed E-state index contributed by atoms with van der Waals surface area (Å²) >= 11 is 0. The molecule has 2 unspecified atom stereocenters. The molecule has 35 heavy (non-hydrogen) atoms. The minimum Gasteiger partial charge on any atom is -0.462 e. The topological polar surface area (TPSA) is 96.0 Å². The minimum absolute atomic E-state index is 0.0350. The standard InChI is InChI=1S/C28H38O7/c1-7-25(32)34-20-12-13-27(6)19(14-20)8-9-23-22-11-10-21(16(2)29)26(22,5)15-24(33-17(3)30)28(23,27)35-18(4)31/h8-9,20-22,24H,7,10-15H2,1-6H3/t20?,21-,22+,24?,26-,27+,28+/m1/s1. The number of Topliss-reactive ketones (excluding diaryl/α,β-unsaturated/α-hetero) is 1. The van der Waals surface area contributed by atoms with Gasteiger partial charge in [0.25, 0.3) is 0 Å². The van der Waals surface area contributed by atoms with Gasteiger partial charge in [0.15, 0.2) is 5.60 Å². The van der Waals surface area contributed by atoms with Crippen molar-refractivity contribution < 1.29 is 33.4 Å². The number of fused-ring (bicyclic) bond motifs is 5. The van der Waals surface area contributed by atoms with E-state index in [2.05, 4.69) is 19.9 Å². The smallest absolute Gasteiger partial charge is 0.305 e. The maximum Gasteiger partial charge on any atom is 0.305 e. The van der Waals surface area contributed by atoms with Crippen molar-refractivity contribution in [3.8, 4) is 0 Å². The molecule has 0 N–H and O–H groups in total. The van der Waals surface area contributed by atoms with Crippen molar-refractivity contribution in [1.29, 1.82) is 0 Å². The molecular formula is C28H38O7. The van der Waals surface area contributed by atoms with E-state index in [1.807, 2.05) is 6.08 Å². The van der Waals surface area contributed by atoms with Gasteiger partial charge in [-0.1, -0.05) is 38.5 Å². The summed E-state index contributed by atoms with van der Waals surface area (Å²) in [5.41, 5.74) is -0.203. The van der Waals surface area contributed by atoms with E-state index in [4.69, 9.17) is 14.2 Å². The van der Waals surface area contributed by atoms with Gasteiger partial charge in [-0.2, -0.15) is 0 Å². The number of hydrogen-bond acceptors (Lipinski definition) is 7. The first-order chi connectivity index (χ1) is 16.4. The minimum atomic E-state index is -1.16. The first kappa shape index (κ1) is 25.6. The molecule has 3 fully saturated rings. The van der Waals surface area contributed by atoms with Gasteiger partial charge in [-0.05, 0) is 55.9 Å². The van der Waals surface area contributed by atoms with E-state index in [1.54, 1.807) is 13.8 Å². The summed E-state index contributed by atoms with van der Waals surface area (Å²) < 4.78 is 18.0.